The molecule has 4 nitrogen and oxygen atoms in total. The van der Waals surface area contributed by atoms with Crippen molar-refractivity contribution in [3.05, 3.63) is 28.8 Å². The smallest absolute Gasteiger partial charge is 0.121 e. The number of aryl methyl sites for hydroxylation is 2. The Morgan fingerprint density at radius 3 is 2.68 bits per heavy atom. The Kier molecular flexibility index (Phi) is 4.41. The Morgan fingerprint density at radius 2 is 2.16 bits per heavy atom. The van der Waals surface area contributed by atoms with E-state index in [0.717, 1.165) is 36.1 Å². The fraction of sp³-hybridized carbons (Fsp3) is 0.533. The van der Waals surface area contributed by atoms with Crippen LogP contribution >= 0.6 is 0 Å². The van der Waals surface area contributed by atoms with E-state index in [0.29, 0.717) is 12.3 Å². The number of phenolic OH excluding ortho intramolecular Hbond substituents is 1. The Hall–Kier alpha value is -1.57. The van der Waals surface area contributed by atoms with Gasteiger partial charge in [-0.2, -0.15) is 5.26 Å². The zero-order valence-corrected chi connectivity index (χ0v) is 11.4. The minimum Gasteiger partial charge on any atom is -0.507 e. The van der Waals surface area contributed by atoms with Crippen molar-refractivity contribution < 1.29 is 9.84 Å². The Bertz CT molecular complexity index is 464. The molecule has 1 fully saturated rings. The predicted molar refractivity (Wildman–Crippen MR) is 72.9 cm³/mol. The van der Waals surface area contributed by atoms with Crippen LogP contribution < -0.4 is 5.32 Å². The fourth-order valence-electron chi connectivity index (χ4n) is 2.45. The Morgan fingerprint density at radius 1 is 1.47 bits per heavy atom. The van der Waals surface area contributed by atoms with Gasteiger partial charge in [0.1, 0.15) is 11.8 Å². The van der Waals surface area contributed by atoms with Crippen LogP contribution in [0.2, 0.25) is 0 Å². The molecule has 0 saturated carbocycles. The monoisotopic (exact) mass is 260 g/mol. The highest BCUT2D eigenvalue weighted by Gasteiger charge is 2.18. The van der Waals surface area contributed by atoms with Crippen molar-refractivity contribution in [1.82, 2.24) is 5.32 Å². The quantitative estimate of drug-likeness (QED) is 0.872. The first-order chi connectivity index (χ1) is 9.11. The number of phenols is 1. The first-order valence-electron chi connectivity index (χ1n) is 6.66. The van der Waals surface area contributed by atoms with Gasteiger partial charge < -0.3 is 9.84 Å². The van der Waals surface area contributed by atoms with E-state index in [4.69, 9.17) is 4.74 Å². The van der Waals surface area contributed by atoms with E-state index in [2.05, 4.69) is 11.4 Å². The zero-order chi connectivity index (χ0) is 13.8. The van der Waals surface area contributed by atoms with Crippen LogP contribution in [0.5, 0.6) is 5.75 Å². The van der Waals surface area contributed by atoms with E-state index >= 15 is 0 Å². The van der Waals surface area contributed by atoms with E-state index in [9.17, 15) is 10.4 Å². The molecule has 1 saturated heterocycles. The van der Waals surface area contributed by atoms with Crippen LogP contribution in [0.15, 0.2) is 12.1 Å². The van der Waals surface area contributed by atoms with Gasteiger partial charge in [0.25, 0.3) is 0 Å². The lowest BCUT2D eigenvalue weighted by Gasteiger charge is -2.17. The average molecular weight is 260 g/mol. The summed E-state index contributed by atoms with van der Waals surface area (Å²) in [5.41, 5.74) is 2.50. The van der Waals surface area contributed by atoms with Gasteiger partial charge in [-0.05, 0) is 55.5 Å². The van der Waals surface area contributed by atoms with Crippen LogP contribution in [0, 0.1) is 25.2 Å². The summed E-state index contributed by atoms with van der Waals surface area (Å²) in [5.74, 6) is 0.305. The third kappa shape index (κ3) is 3.25. The molecule has 2 rings (SSSR count). The van der Waals surface area contributed by atoms with Gasteiger partial charge in [-0.25, -0.2) is 0 Å². The average Bonchev–Trinajstić information content (AvgIpc) is 2.89. The van der Waals surface area contributed by atoms with Gasteiger partial charge >= 0.3 is 0 Å². The molecule has 1 aliphatic rings. The molecular formula is C15H20N2O2. The van der Waals surface area contributed by atoms with E-state index < -0.39 is 0 Å². The van der Waals surface area contributed by atoms with Crippen LogP contribution in [-0.4, -0.2) is 24.4 Å². The SMILES string of the molecule is Cc1cc(C(C#N)NCC2CCCO2)cc(C)c1O. The van der Waals surface area contributed by atoms with Gasteiger partial charge in [-0.3, -0.25) is 5.32 Å². The molecule has 1 aliphatic heterocycles. The first-order valence-corrected chi connectivity index (χ1v) is 6.66. The molecule has 4 heteroatoms. The summed E-state index contributed by atoms with van der Waals surface area (Å²) in [4.78, 5) is 0. The third-order valence-electron chi connectivity index (χ3n) is 3.55. The van der Waals surface area contributed by atoms with Gasteiger partial charge in [0, 0.05) is 13.2 Å². The summed E-state index contributed by atoms with van der Waals surface area (Å²) in [7, 11) is 0. The summed E-state index contributed by atoms with van der Waals surface area (Å²) in [6, 6.07) is 5.63. The Labute approximate surface area is 114 Å². The lowest BCUT2D eigenvalue weighted by molar-refractivity contribution is 0.109. The van der Waals surface area contributed by atoms with Crippen LogP contribution in [-0.2, 0) is 4.74 Å². The molecule has 1 aromatic rings. The lowest BCUT2D eigenvalue weighted by atomic mass is 10.0. The molecule has 0 aromatic heterocycles. The molecule has 2 unspecified atom stereocenters. The molecule has 102 valence electrons. The summed E-state index contributed by atoms with van der Waals surface area (Å²) in [5, 5.41) is 22.3. The number of nitrogens with zero attached hydrogens (tertiary/aromatic N) is 1. The standard InChI is InChI=1S/C15H20N2O2/c1-10-6-12(7-11(2)15(10)18)14(8-16)17-9-13-4-3-5-19-13/h6-7,13-14,17-18H,3-5,9H2,1-2H3. The molecule has 19 heavy (non-hydrogen) atoms. The van der Waals surface area contributed by atoms with Crippen molar-refractivity contribution in [3.8, 4) is 11.8 Å². The fourth-order valence-corrected chi connectivity index (χ4v) is 2.45. The number of hydrogen-bond acceptors (Lipinski definition) is 4. The maximum Gasteiger partial charge on any atom is 0.121 e. The molecule has 0 amide bonds. The predicted octanol–water partition coefficient (Wildman–Crippen LogP) is 2.34. The molecule has 0 radical (unpaired) electrons. The van der Waals surface area contributed by atoms with Crippen molar-refractivity contribution in [2.24, 2.45) is 0 Å². The molecular weight excluding hydrogens is 240 g/mol. The highest BCUT2D eigenvalue weighted by atomic mass is 16.5. The van der Waals surface area contributed by atoms with E-state index in [1.54, 1.807) is 0 Å². The number of benzene rings is 1. The van der Waals surface area contributed by atoms with E-state index in [1.807, 2.05) is 26.0 Å². The normalized spacial score (nSPS) is 20.2. The minimum atomic E-state index is -0.359. The van der Waals surface area contributed by atoms with Crippen LogP contribution in [0.3, 0.4) is 0 Å². The lowest BCUT2D eigenvalue weighted by Crippen LogP contribution is -2.29. The number of nitriles is 1. The van der Waals surface area contributed by atoms with Crippen molar-refractivity contribution in [1.29, 1.82) is 5.26 Å². The minimum absolute atomic E-state index is 0.218. The highest BCUT2D eigenvalue weighted by Crippen LogP contribution is 2.26. The topological polar surface area (TPSA) is 65.3 Å². The molecule has 2 atom stereocenters. The Balaban J connectivity index is 2.06. The maximum atomic E-state index is 9.76. The van der Waals surface area contributed by atoms with Crippen molar-refractivity contribution in [3.63, 3.8) is 0 Å². The van der Waals surface area contributed by atoms with Crippen LogP contribution in [0.4, 0.5) is 0 Å². The van der Waals surface area contributed by atoms with E-state index in [-0.39, 0.29) is 12.1 Å². The molecule has 0 bridgehead atoms. The summed E-state index contributed by atoms with van der Waals surface area (Å²) in [6.45, 7) is 5.21. The molecule has 2 N–H and O–H groups in total. The highest BCUT2D eigenvalue weighted by molar-refractivity contribution is 5.44. The number of aromatic hydroxyl groups is 1. The maximum absolute atomic E-state index is 9.76. The van der Waals surface area contributed by atoms with Crippen LogP contribution in [0.1, 0.15) is 35.6 Å². The summed E-state index contributed by atoms with van der Waals surface area (Å²) in [6.07, 6.45) is 2.37. The second kappa shape index (κ2) is 6.05. The van der Waals surface area contributed by atoms with Gasteiger partial charge in [0.15, 0.2) is 0 Å². The second-order valence-corrected chi connectivity index (χ2v) is 5.11. The largest absolute Gasteiger partial charge is 0.507 e. The van der Waals surface area contributed by atoms with Crippen molar-refractivity contribution in [2.75, 3.05) is 13.2 Å². The van der Waals surface area contributed by atoms with E-state index in [1.165, 1.54) is 0 Å². The number of rotatable bonds is 4. The summed E-state index contributed by atoms with van der Waals surface area (Å²) < 4.78 is 5.54. The van der Waals surface area contributed by atoms with Crippen molar-refractivity contribution >= 4 is 0 Å². The molecule has 0 spiro atoms. The van der Waals surface area contributed by atoms with Gasteiger partial charge in [0.2, 0.25) is 0 Å². The van der Waals surface area contributed by atoms with Crippen molar-refractivity contribution in [2.45, 2.75) is 38.8 Å². The number of nitrogens with one attached hydrogen (secondary N) is 1. The molecule has 1 heterocycles. The first kappa shape index (κ1) is 13.9. The number of ether oxygens (including phenoxy) is 1. The van der Waals surface area contributed by atoms with Gasteiger partial charge in [0.05, 0.1) is 12.2 Å². The van der Waals surface area contributed by atoms with Gasteiger partial charge in [-0.15, -0.1) is 0 Å². The van der Waals surface area contributed by atoms with Crippen LogP contribution in [0.25, 0.3) is 0 Å². The molecule has 1 aromatic carbocycles. The second-order valence-electron chi connectivity index (χ2n) is 5.11. The zero-order valence-electron chi connectivity index (χ0n) is 11.4. The summed E-state index contributed by atoms with van der Waals surface area (Å²) >= 11 is 0. The molecule has 0 aliphatic carbocycles. The third-order valence-corrected chi connectivity index (χ3v) is 3.55. The number of hydrogen-bond donors (Lipinski definition) is 2. The van der Waals surface area contributed by atoms with Gasteiger partial charge in [-0.1, -0.05) is 0 Å².